The Balaban J connectivity index is 1.48. The normalized spacial score (nSPS) is 33.6. The van der Waals surface area contributed by atoms with Crippen molar-refractivity contribution in [2.45, 2.75) is 62.9 Å². The standard InChI is InChI=1S/C18H26F2N2O3/c19-18(20)10-16(6-7-21(15(16)24)9-13-2-3-13)11-22(12-18)14(23)8-17(25)4-1-5-17/h13,25H,1-12H2/t16-/m1/s1. The maximum absolute atomic E-state index is 14.4. The Morgan fingerprint density at radius 3 is 2.52 bits per heavy atom. The summed E-state index contributed by atoms with van der Waals surface area (Å²) in [5.74, 6) is -3.19. The average molecular weight is 356 g/mol. The summed E-state index contributed by atoms with van der Waals surface area (Å²) in [6, 6.07) is 0. The molecule has 5 nitrogen and oxygen atoms in total. The lowest BCUT2D eigenvalue weighted by atomic mass is 9.75. The van der Waals surface area contributed by atoms with Crippen molar-refractivity contribution < 1.29 is 23.5 Å². The third-order valence-electron chi connectivity index (χ3n) is 6.41. The minimum atomic E-state index is -3.05. The van der Waals surface area contributed by atoms with Gasteiger partial charge in [0.2, 0.25) is 11.8 Å². The summed E-state index contributed by atoms with van der Waals surface area (Å²) in [7, 11) is 0. The molecule has 2 heterocycles. The zero-order valence-electron chi connectivity index (χ0n) is 14.5. The van der Waals surface area contributed by atoms with Crippen LogP contribution < -0.4 is 0 Å². The number of halogens is 2. The van der Waals surface area contributed by atoms with E-state index >= 15 is 0 Å². The van der Waals surface area contributed by atoms with Crippen molar-refractivity contribution in [3.63, 3.8) is 0 Å². The van der Waals surface area contributed by atoms with E-state index < -0.39 is 35.8 Å². The molecule has 2 amide bonds. The van der Waals surface area contributed by atoms with Gasteiger partial charge < -0.3 is 14.9 Å². The summed E-state index contributed by atoms with van der Waals surface area (Å²) in [5, 5.41) is 10.2. The molecule has 140 valence electrons. The largest absolute Gasteiger partial charge is 0.389 e. The molecule has 1 N–H and O–H groups in total. The fraction of sp³-hybridized carbons (Fsp3) is 0.889. The van der Waals surface area contributed by atoms with Gasteiger partial charge in [-0.05, 0) is 44.4 Å². The first-order valence-corrected chi connectivity index (χ1v) is 9.38. The number of hydrogen-bond donors (Lipinski definition) is 1. The van der Waals surface area contributed by atoms with Gasteiger partial charge in [-0.15, -0.1) is 0 Å². The molecule has 2 aliphatic heterocycles. The quantitative estimate of drug-likeness (QED) is 0.835. The van der Waals surface area contributed by atoms with Crippen molar-refractivity contribution >= 4 is 11.8 Å². The Morgan fingerprint density at radius 2 is 1.92 bits per heavy atom. The van der Waals surface area contributed by atoms with E-state index in [1.165, 1.54) is 0 Å². The topological polar surface area (TPSA) is 60.9 Å². The molecule has 0 unspecified atom stereocenters. The maximum atomic E-state index is 14.4. The number of likely N-dealkylation sites (tertiary alicyclic amines) is 2. The van der Waals surface area contributed by atoms with Gasteiger partial charge in [0, 0.05) is 26.1 Å². The highest BCUT2D eigenvalue weighted by Gasteiger charge is 2.58. The van der Waals surface area contributed by atoms with Crippen molar-refractivity contribution in [3.05, 3.63) is 0 Å². The Kier molecular flexibility index (Phi) is 3.87. The molecule has 0 aromatic rings. The van der Waals surface area contributed by atoms with Gasteiger partial charge in [0.15, 0.2) is 0 Å². The molecule has 0 radical (unpaired) electrons. The second-order valence-corrected chi connectivity index (χ2v) is 8.76. The van der Waals surface area contributed by atoms with Gasteiger partial charge in [-0.25, -0.2) is 8.78 Å². The van der Waals surface area contributed by atoms with Gasteiger partial charge in [-0.3, -0.25) is 9.59 Å². The molecule has 2 saturated carbocycles. The van der Waals surface area contributed by atoms with E-state index in [0.29, 0.717) is 38.3 Å². The summed E-state index contributed by atoms with van der Waals surface area (Å²) < 4.78 is 28.8. The number of amides is 2. The van der Waals surface area contributed by atoms with Crippen molar-refractivity contribution in [2.75, 3.05) is 26.2 Å². The minimum Gasteiger partial charge on any atom is -0.389 e. The Hall–Kier alpha value is -1.24. The maximum Gasteiger partial charge on any atom is 0.266 e. The van der Waals surface area contributed by atoms with Crippen molar-refractivity contribution in [1.29, 1.82) is 0 Å². The van der Waals surface area contributed by atoms with Gasteiger partial charge in [-0.2, -0.15) is 0 Å². The number of carbonyl (C=O) groups is 2. The highest BCUT2D eigenvalue weighted by Crippen LogP contribution is 2.47. The fourth-order valence-corrected chi connectivity index (χ4v) is 4.63. The molecule has 0 bridgehead atoms. The summed E-state index contributed by atoms with van der Waals surface area (Å²) in [4.78, 5) is 28.2. The van der Waals surface area contributed by atoms with Crippen LogP contribution in [-0.2, 0) is 9.59 Å². The lowest BCUT2D eigenvalue weighted by molar-refractivity contribution is -0.167. The van der Waals surface area contributed by atoms with E-state index in [1.807, 2.05) is 0 Å². The number of nitrogens with zero attached hydrogens (tertiary/aromatic N) is 2. The van der Waals surface area contributed by atoms with Crippen LogP contribution in [0.2, 0.25) is 0 Å². The molecular formula is C18H26F2N2O3. The Morgan fingerprint density at radius 1 is 1.20 bits per heavy atom. The van der Waals surface area contributed by atoms with Crippen LogP contribution >= 0.6 is 0 Å². The molecule has 4 rings (SSSR count). The SMILES string of the molecule is O=C(CC1(O)CCC1)N1CC(F)(F)C[C@]2(CCN(CC3CC3)C2=O)C1. The molecule has 0 aromatic heterocycles. The second kappa shape index (κ2) is 5.63. The average Bonchev–Trinajstić information content (AvgIpc) is 3.26. The van der Waals surface area contributed by atoms with Crippen molar-refractivity contribution in [2.24, 2.45) is 11.3 Å². The monoisotopic (exact) mass is 356 g/mol. The zero-order chi connectivity index (χ0) is 17.9. The first-order chi connectivity index (χ1) is 11.7. The number of aliphatic hydroxyl groups is 1. The van der Waals surface area contributed by atoms with Crippen LogP contribution in [0.3, 0.4) is 0 Å². The molecule has 4 fully saturated rings. The smallest absolute Gasteiger partial charge is 0.266 e. The number of piperidine rings is 1. The van der Waals surface area contributed by atoms with E-state index in [0.717, 1.165) is 24.2 Å². The molecule has 25 heavy (non-hydrogen) atoms. The summed E-state index contributed by atoms with van der Waals surface area (Å²) in [6.45, 7) is 0.605. The first kappa shape index (κ1) is 17.2. The fourth-order valence-electron chi connectivity index (χ4n) is 4.63. The molecule has 2 aliphatic carbocycles. The van der Waals surface area contributed by atoms with Crippen LogP contribution in [0, 0.1) is 11.3 Å². The molecule has 0 aromatic carbocycles. The predicted octanol–water partition coefficient (Wildman–Crippen LogP) is 1.79. The number of hydrogen-bond acceptors (Lipinski definition) is 3. The second-order valence-electron chi connectivity index (χ2n) is 8.76. The van der Waals surface area contributed by atoms with Crippen LogP contribution in [0.1, 0.15) is 51.4 Å². The van der Waals surface area contributed by atoms with Gasteiger partial charge in [0.1, 0.15) is 0 Å². The molecule has 7 heteroatoms. The van der Waals surface area contributed by atoms with Gasteiger partial charge in [-0.1, -0.05) is 0 Å². The highest BCUT2D eigenvalue weighted by atomic mass is 19.3. The summed E-state index contributed by atoms with van der Waals surface area (Å²) in [6.07, 6.45) is 3.98. The Labute approximate surface area is 146 Å². The molecule has 1 spiro atoms. The van der Waals surface area contributed by atoms with Gasteiger partial charge in [0.25, 0.3) is 5.92 Å². The minimum absolute atomic E-state index is 0.0670. The number of alkyl halides is 2. The highest BCUT2D eigenvalue weighted by molar-refractivity contribution is 5.87. The Bertz CT molecular complexity index is 589. The van der Waals surface area contributed by atoms with Crippen LogP contribution in [0.25, 0.3) is 0 Å². The van der Waals surface area contributed by atoms with E-state index in [4.69, 9.17) is 0 Å². The predicted molar refractivity (Wildman–Crippen MR) is 85.9 cm³/mol. The zero-order valence-corrected chi connectivity index (χ0v) is 14.5. The summed E-state index contributed by atoms with van der Waals surface area (Å²) >= 11 is 0. The van der Waals surface area contributed by atoms with E-state index in [-0.39, 0.29) is 18.9 Å². The van der Waals surface area contributed by atoms with E-state index in [9.17, 15) is 23.5 Å². The number of rotatable bonds is 4. The lowest BCUT2D eigenvalue weighted by Gasteiger charge is -2.44. The van der Waals surface area contributed by atoms with Crippen molar-refractivity contribution in [1.82, 2.24) is 9.80 Å². The molecule has 4 aliphatic rings. The van der Waals surface area contributed by atoms with Gasteiger partial charge in [0.05, 0.1) is 24.0 Å². The van der Waals surface area contributed by atoms with Crippen LogP contribution in [0.15, 0.2) is 0 Å². The molecule has 2 saturated heterocycles. The van der Waals surface area contributed by atoms with Gasteiger partial charge >= 0.3 is 0 Å². The van der Waals surface area contributed by atoms with Crippen molar-refractivity contribution in [3.8, 4) is 0 Å². The third-order valence-corrected chi connectivity index (χ3v) is 6.41. The number of carbonyl (C=O) groups excluding carboxylic acids is 2. The van der Waals surface area contributed by atoms with Crippen LogP contribution in [0.5, 0.6) is 0 Å². The van der Waals surface area contributed by atoms with Crippen LogP contribution in [-0.4, -0.2) is 64.4 Å². The van der Waals surface area contributed by atoms with Crippen LogP contribution in [0.4, 0.5) is 8.78 Å². The third kappa shape index (κ3) is 3.27. The molecular weight excluding hydrogens is 330 g/mol. The summed E-state index contributed by atoms with van der Waals surface area (Å²) in [5.41, 5.74) is -2.18. The van der Waals surface area contributed by atoms with E-state index in [1.54, 1.807) is 4.90 Å². The lowest BCUT2D eigenvalue weighted by Crippen LogP contribution is -2.58. The first-order valence-electron chi connectivity index (χ1n) is 9.38. The van der Waals surface area contributed by atoms with E-state index in [2.05, 4.69) is 0 Å². The molecule has 1 atom stereocenters.